The molecule has 0 bridgehead atoms. The number of fused-ring (bicyclic) bond motifs is 1. The van der Waals surface area contributed by atoms with Crippen LogP contribution >= 0.6 is 0 Å². The van der Waals surface area contributed by atoms with Crippen LogP contribution in [0.15, 0.2) is 55.7 Å². The van der Waals surface area contributed by atoms with E-state index >= 15 is 0 Å². The number of aromatic amines is 1. The summed E-state index contributed by atoms with van der Waals surface area (Å²) in [6.45, 7) is 15.1. The van der Waals surface area contributed by atoms with E-state index in [1.807, 2.05) is 37.3 Å². The molecule has 0 radical (unpaired) electrons. The van der Waals surface area contributed by atoms with Crippen molar-refractivity contribution in [1.29, 1.82) is 0 Å². The summed E-state index contributed by atoms with van der Waals surface area (Å²) in [6, 6.07) is 7.92. The van der Waals surface area contributed by atoms with E-state index in [4.69, 9.17) is 5.21 Å². The average molecular weight is 420 g/mol. The molecule has 1 aliphatic rings. The fraction of sp³-hybridized carbons (Fsp3) is 0.269. The summed E-state index contributed by atoms with van der Waals surface area (Å²) < 4.78 is 0. The molecule has 1 aromatic carbocycles. The third-order valence-corrected chi connectivity index (χ3v) is 5.14. The highest BCUT2D eigenvalue weighted by Crippen LogP contribution is 2.15. The van der Waals surface area contributed by atoms with Gasteiger partial charge in [0.05, 0.1) is 0 Å². The van der Waals surface area contributed by atoms with E-state index < -0.39 is 5.91 Å². The maximum Gasteiger partial charge on any atom is 0.267 e. The Hall–Kier alpha value is -3.15. The minimum Gasteiger partial charge on any atom is -0.358 e. The standard InChI is InChI=1S/C23H27N3O2.C3H6/c1-3-19(23-16(2)20-5-4-6-21(20)25-23)13-14-24-15-18-9-7-17(8-10-18)11-12-22(27)26-28;1-3-2/h3,7-12,24-25,28H,1-2,4-6,13-15H2,(H,26,27);3H,1H2,2H3/b12-11+,23-19-;. The monoisotopic (exact) mass is 419 g/mol. The summed E-state index contributed by atoms with van der Waals surface area (Å²) in [5, 5.41) is 14.2. The fourth-order valence-electron chi connectivity index (χ4n) is 3.61. The van der Waals surface area contributed by atoms with Crippen molar-refractivity contribution in [2.45, 2.75) is 39.2 Å². The summed E-state index contributed by atoms with van der Waals surface area (Å²) in [6.07, 6.45) is 11.0. The zero-order valence-electron chi connectivity index (χ0n) is 18.3. The molecule has 0 fully saturated rings. The van der Waals surface area contributed by atoms with Gasteiger partial charge in [-0.15, -0.1) is 6.58 Å². The zero-order valence-corrected chi connectivity index (χ0v) is 18.3. The topological polar surface area (TPSA) is 77.2 Å². The lowest BCUT2D eigenvalue weighted by molar-refractivity contribution is -0.124. The highest BCUT2D eigenvalue weighted by Gasteiger charge is 2.14. The van der Waals surface area contributed by atoms with Gasteiger partial charge in [0, 0.05) is 23.7 Å². The summed E-state index contributed by atoms with van der Waals surface area (Å²) >= 11 is 0. The van der Waals surface area contributed by atoms with Gasteiger partial charge < -0.3 is 10.3 Å². The Labute approximate surface area is 184 Å². The predicted octanol–water partition coefficient (Wildman–Crippen LogP) is 3.14. The van der Waals surface area contributed by atoms with Crippen LogP contribution in [0.4, 0.5) is 0 Å². The molecule has 0 aliphatic heterocycles. The first-order chi connectivity index (χ1) is 15.0. The molecule has 2 aromatic rings. The second-order valence-electron chi connectivity index (χ2n) is 7.40. The number of hydroxylamine groups is 1. The van der Waals surface area contributed by atoms with Crippen molar-refractivity contribution in [3.05, 3.63) is 88.6 Å². The molecule has 1 aliphatic carbocycles. The number of carbonyl (C=O) groups is 1. The van der Waals surface area contributed by atoms with Gasteiger partial charge in [0.15, 0.2) is 0 Å². The van der Waals surface area contributed by atoms with E-state index in [2.05, 4.69) is 30.0 Å². The van der Waals surface area contributed by atoms with Crippen molar-refractivity contribution in [3.8, 4) is 0 Å². The van der Waals surface area contributed by atoms with Crippen LogP contribution in [0.1, 0.15) is 42.1 Å². The predicted molar refractivity (Wildman–Crippen MR) is 129 cm³/mol. The van der Waals surface area contributed by atoms with E-state index in [1.165, 1.54) is 34.9 Å². The maximum absolute atomic E-state index is 11.0. The van der Waals surface area contributed by atoms with Gasteiger partial charge in [0.25, 0.3) is 5.91 Å². The first-order valence-corrected chi connectivity index (χ1v) is 10.6. The number of rotatable bonds is 8. The lowest BCUT2D eigenvalue weighted by Crippen LogP contribution is -2.27. The summed E-state index contributed by atoms with van der Waals surface area (Å²) in [5.74, 6) is -0.544. The minimum atomic E-state index is -0.544. The van der Waals surface area contributed by atoms with Crippen molar-refractivity contribution in [3.63, 3.8) is 0 Å². The second kappa shape index (κ2) is 12.5. The number of carbonyl (C=O) groups excluding carboxylic acids is 1. The van der Waals surface area contributed by atoms with Crippen molar-refractivity contribution >= 4 is 24.1 Å². The highest BCUT2D eigenvalue weighted by atomic mass is 16.5. The fourth-order valence-corrected chi connectivity index (χ4v) is 3.61. The Morgan fingerprint density at radius 3 is 2.55 bits per heavy atom. The largest absolute Gasteiger partial charge is 0.358 e. The normalized spacial score (nSPS) is 13.2. The molecule has 5 nitrogen and oxygen atoms in total. The Morgan fingerprint density at radius 2 is 1.94 bits per heavy atom. The third-order valence-electron chi connectivity index (χ3n) is 5.14. The Bertz CT molecular complexity index is 1030. The van der Waals surface area contributed by atoms with Crippen molar-refractivity contribution in [2.24, 2.45) is 0 Å². The third kappa shape index (κ3) is 6.95. The van der Waals surface area contributed by atoms with Crippen molar-refractivity contribution in [1.82, 2.24) is 15.8 Å². The molecule has 1 aromatic heterocycles. The van der Waals surface area contributed by atoms with Crippen LogP contribution in [0.2, 0.25) is 0 Å². The van der Waals surface area contributed by atoms with Crippen molar-refractivity contribution in [2.75, 3.05) is 6.54 Å². The smallest absolute Gasteiger partial charge is 0.267 e. The molecule has 0 atom stereocenters. The van der Waals surface area contributed by atoms with Crippen LogP contribution in [0, 0.1) is 0 Å². The summed E-state index contributed by atoms with van der Waals surface area (Å²) in [4.78, 5) is 14.5. The molecule has 0 saturated heterocycles. The van der Waals surface area contributed by atoms with Crippen LogP contribution in [0.25, 0.3) is 18.2 Å². The van der Waals surface area contributed by atoms with Gasteiger partial charge in [0.2, 0.25) is 0 Å². The highest BCUT2D eigenvalue weighted by molar-refractivity contribution is 5.90. The lowest BCUT2D eigenvalue weighted by Gasteiger charge is -2.06. The molecule has 0 unspecified atom stereocenters. The van der Waals surface area contributed by atoms with E-state index in [0.29, 0.717) is 0 Å². The molecule has 0 spiro atoms. The Kier molecular flexibility index (Phi) is 9.75. The van der Waals surface area contributed by atoms with Gasteiger partial charge >= 0.3 is 0 Å². The van der Waals surface area contributed by atoms with E-state index in [-0.39, 0.29) is 0 Å². The molecule has 0 saturated carbocycles. The molecule has 5 heteroatoms. The number of aryl methyl sites for hydroxylation is 1. The molecule has 3 rings (SSSR count). The Balaban J connectivity index is 0.00000107. The summed E-state index contributed by atoms with van der Waals surface area (Å²) in [7, 11) is 0. The number of H-pyrrole nitrogens is 1. The number of hydrogen-bond acceptors (Lipinski definition) is 3. The Morgan fingerprint density at radius 1 is 1.23 bits per heavy atom. The van der Waals surface area contributed by atoms with Gasteiger partial charge in [-0.2, -0.15) is 0 Å². The van der Waals surface area contributed by atoms with Crippen LogP contribution in [0.5, 0.6) is 0 Å². The van der Waals surface area contributed by atoms with Crippen LogP contribution in [-0.2, 0) is 24.2 Å². The minimum absolute atomic E-state index is 0.544. The van der Waals surface area contributed by atoms with Crippen molar-refractivity contribution < 1.29 is 10.0 Å². The summed E-state index contributed by atoms with van der Waals surface area (Å²) in [5.41, 5.74) is 7.58. The number of aromatic nitrogens is 1. The molecule has 1 heterocycles. The van der Waals surface area contributed by atoms with Gasteiger partial charge in [-0.3, -0.25) is 10.0 Å². The van der Waals surface area contributed by atoms with Gasteiger partial charge in [-0.25, -0.2) is 5.48 Å². The number of allylic oxidation sites excluding steroid dienone is 2. The lowest BCUT2D eigenvalue weighted by atomic mass is 10.1. The molecular formula is C26H33N3O2. The first kappa shape index (κ1) is 24.1. The van der Waals surface area contributed by atoms with Crippen LogP contribution in [0.3, 0.4) is 0 Å². The number of hydrogen-bond donors (Lipinski definition) is 4. The van der Waals surface area contributed by atoms with Crippen LogP contribution < -0.4 is 21.4 Å². The SMILES string of the molecule is C=C/C(CCNCc1ccc(/C=C/C(=O)NO)cc1)=c1/[nH]c2c(c1=C)CCC2.C=CC. The van der Waals surface area contributed by atoms with Gasteiger partial charge in [0.1, 0.15) is 0 Å². The zero-order chi connectivity index (χ0) is 22.6. The number of benzene rings is 1. The van der Waals surface area contributed by atoms with E-state index in [9.17, 15) is 4.79 Å². The molecule has 1 amide bonds. The first-order valence-electron chi connectivity index (χ1n) is 10.6. The van der Waals surface area contributed by atoms with Gasteiger partial charge in [-0.1, -0.05) is 49.6 Å². The molecular weight excluding hydrogens is 386 g/mol. The number of nitrogens with one attached hydrogen (secondary N) is 3. The molecule has 164 valence electrons. The molecule has 31 heavy (non-hydrogen) atoms. The average Bonchev–Trinajstić information content (AvgIpc) is 3.36. The maximum atomic E-state index is 11.0. The number of amides is 1. The van der Waals surface area contributed by atoms with E-state index in [0.717, 1.165) is 48.5 Å². The molecule has 4 N–H and O–H groups in total. The quantitative estimate of drug-likeness (QED) is 0.175. The van der Waals surface area contributed by atoms with E-state index in [1.54, 1.807) is 17.6 Å². The van der Waals surface area contributed by atoms with Gasteiger partial charge in [-0.05, 0) is 72.7 Å². The second-order valence-corrected chi connectivity index (χ2v) is 7.40. The van der Waals surface area contributed by atoms with Crippen LogP contribution in [-0.4, -0.2) is 22.6 Å².